The first-order valence-corrected chi connectivity index (χ1v) is 2.75. The number of Topliss-reactive ketones (excluding diaryl/α,β-unsaturated/α-hetero) is 1. The van der Waals surface area contributed by atoms with Crippen molar-refractivity contribution in [1.29, 1.82) is 0 Å². The Labute approximate surface area is 84.4 Å². The fourth-order valence-corrected chi connectivity index (χ4v) is 0.414. The summed E-state index contributed by atoms with van der Waals surface area (Å²) >= 11 is 0. The lowest BCUT2D eigenvalue weighted by Gasteiger charge is -2.15. The first kappa shape index (κ1) is 15.9. The highest BCUT2D eigenvalue weighted by atomic mass is 27.0. The van der Waals surface area contributed by atoms with Crippen LogP contribution in [0.1, 0.15) is 0 Å². The predicted octanol–water partition coefficient (Wildman–Crippen LogP) is 0.106. The van der Waals surface area contributed by atoms with E-state index in [0.717, 1.165) is 0 Å². The molecule has 0 spiro atoms. The Bertz CT molecular complexity index is 230. The molecule has 14 heavy (non-hydrogen) atoms. The van der Waals surface area contributed by atoms with Crippen molar-refractivity contribution in [2.45, 2.75) is 18.5 Å². The smallest absolute Gasteiger partial charge is 0.281 e. The number of hydrogen-bond donors (Lipinski definition) is 0. The molecule has 0 aliphatic carbocycles. The third-order valence-corrected chi connectivity index (χ3v) is 1.05. The van der Waals surface area contributed by atoms with Crippen LogP contribution in [0.5, 0.6) is 0 Å². The van der Waals surface area contributed by atoms with Gasteiger partial charge in [-0.2, -0.15) is 13.2 Å². The minimum absolute atomic E-state index is 0. The second-order valence-corrected chi connectivity index (χ2v) is 1.96. The molecule has 9 heteroatoms. The molecule has 2 nitrogen and oxygen atoms in total. The molecule has 0 aromatic heterocycles. The standard InChI is InChI=1S/C5H2F6O2.Al.3H/c6-1(3(7)8)5(10,11)2(12)4(9)13;;;;/h1,3H;;;;. The quantitative estimate of drug-likeness (QED) is 0.301. The van der Waals surface area contributed by atoms with E-state index < -0.39 is 30.3 Å². The largest absolute Gasteiger partial charge is 0.374 e. The Morgan fingerprint density at radius 3 is 1.64 bits per heavy atom. The minimum Gasteiger partial charge on any atom is -0.281 e. The zero-order valence-corrected chi connectivity index (χ0v) is 5.74. The van der Waals surface area contributed by atoms with Gasteiger partial charge in [0.05, 0.1) is 0 Å². The second-order valence-electron chi connectivity index (χ2n) is 1.96. The van der Waals surface area contributed by atoms with Crippen LogP contribution in [0.3, 0.4) is 0 Å². The van der Waals surface area contributed by atoms with Crippen LogP contribution in [0.15, 0.2) is 0 Å². The van der Waals surface area contributed by atoms with E-state index in [2.05, 4.69) is 0 Å². The fourth-order valence-electron chi connectivity index (χ4n) is 0.414. The van der Waals surface area contributed by atoms with Crippen LogP contribution in [-0.2, 0) is 9.59 Å². The van der Waals surface area contributed by atoms with Crippen molar-refractivity contribution in [2.75, 3.05) is 0 Å². The van der Waals surface area contributed by atoms with E-state index in [0.29, 0.717) is 0 Å². The molecular formula is C5H5AlF6O2. The molecular weight excluding hydrogens is 233 g/mol. The van der Waals surface area contributed by atoms with Crippen molar-refractivity contribution < 1.29 is 35.9 Å². The molecule has 0 N–H and O–H groups in total. The highest BCUT2D eigenvalue weighted by Crippen LogP contribution is 2.27. The molecule has 0 amide bonds. The average molecular weight is 238 g/mol. The number of carbonyl (C=O) groups excluding carboxylic acids is 2. The molecule has 0 rings (SSSR count). The molecule has 1 atom stereocenters. The maximum Gasteiger partial charge on any atom is 0.374 e. The molecule has 0 aromatic carbocycles. The zero-order chi connectivity index (χ0) is 10.8. The summed E-state index contributed by atoms with van der Waals surface area (Å²) in [5.41, 5.74) is 0. The van der Waals surface area contributed by atoms with E-state index in [9.17, 15) is 35.9 Å². The summed E-state index contributed by atoms with van der Waals surface area (Å²) in [4.78, 5) is 19.3. The average Bonchev–Trinajstić information content (AvgIpc) is 2.01. The van der Waals surface area contributed by atoms with Crippen LogP contribution < -0.4 is 0 Å². The molecule has 0 bridgehead atoms. The van der Waals surface area contributed by atoms with Gasteiger partial charge in [-0.05, 0) is 0 Å². The van der Waals surface area contributed by atoms with Crippen molar-refractivity contribution >= 4 is 29.2 Å². The third-order valence-electron chi connectivity index (χ3n) is 1.05. The van der Waals surface area contributed by atoms with E-state index in [1.54, 1.807) is 0 Å². The minimum atomic E-state index is -5.32. The summed E-state index contributed by atoms with van der Waals surface area (Å²) in [6.07, 6.45) is -8.35. The highest BCUT2D eigenvalue weighted by Gasteiger charge is 2.55. The number of ketones is 1. The van der Waals surface area contributed by atoms with Gasteiger partial charge in [-0.1, -0.05) is 0 Å². The second kappa shape index (κ2) is 5.36. The Kier molecular flexibility index (Phi) is 6.09. The van der Waals surface area contributed by atoms with Crippen LogP contribution in [-0.4, -0.2) is 47.7 Å². The van der Waals surface area contributed by atoms with Gasteiger partial charge in [0.15, 0.2) is 17.4 Å². The van der Waals surface area contributed by atoms with Gasteiger partial charge in [-0.15, -0.1) is 0 Å². The van der Waals surface area contributed by atoms with E-state index in [-0.39, 0.29) is 17.4 Å². The molecule has 82 valence electrons. The summed E-state index contributed by atoms with van der Waals surface area (Å²) < 4.78 is 69.9. The maximum atomic E-state index is 12.0. The van der Waals surface area contributed by atoms with Gasteiger partial charge in [0.25, 0.3) is 6.43 Å². The Morgan fingerprint density at radius 1 is 1.07 bits per heavy atom. The molecule has 0 aliphatic rings. The van der Waals surface area contributed by atoms with Crippen LogP contribution >= 0.6 is 0 Å². The van der Waals surface area contributed by atoms with Gasteiger partial charge in [-0.3, -0.25) is 9.59 Å². The first-order chi connectivity index (χ1) is 5.71. The lowest BCUT2D eigenvalue weighted by atomic mass is 10.1. The normalized spacial score (nSPS) is 13.4. The summed E-state index contributed by atoms with van der Waals surface area (Å²) in [5, 5.41) is 0. The van der Waals surface area contributed by atoms with Gasteiger partial charge >= 0.3 is 17.7 Å². The predicted molar refractivity (Wildman–Crippen MR) is 36.9 cm³/mol. The van der Waals surface area contributed by atoms with E-state index in [4.69, 9.17) is 0 Å². The van der Waals surface area contributed by atoms with E-state index >= 15 is 0 Å². The molecule has 0 fully saturated rings. The van der Waals surface area contributed by atoms with Gasteiger partial charge < -0.3 is 0 Å². The fraction of sp³-hybridized carbons (Fsp3) is 0.600. The van der Waals surface area contributed by atoms with Gasteiger partial charge in [0, 0.05) is 0 Å². The molecule has 0 saturated heterocycles. The third kappa shape index (κ3) is 3.31. The first-order valence-electron chi connectivity index (χ1n) is 2.75. The number of hydrogen-bond acceptors (Lipinski definition) is 2. The Balaban J connectivity index is 0. The van der Waals surface area contributed by atoms with Crippen molar-refractivity contribution in [2.24, 2.45) is 0 Å². The monoisotopic (exact) mass is 238 g/mol. The van der Waals surface area contributed by atoms with E-state index in [1.807, 2.05) is 0 Å². The molecule has 0 radical (unpaired) electrons. The lowest BCUT2D eigenvalue weighted by molar-refractivity contribution is -0.173. The number of rotatable bonds is 4. The molecule has 0 aliphatic heterocycles. The van der Waals surface area contributed by atoms with Crippen LogP contribution in [0.2, 0.25) is 0 Å². The molecule has 1 unspecified atom stereocenters. The molecule has 0 saturated carbocycles. The van der Waals surface area contributed by atoms with E-state index in [1.165, 1.54) is 0 Å². The SMILES string of the molecule is O=C(F)C(=O)C(F)(F)C(F)C(F)F.[AlH3]. The zero-order valence-electron chi connectivity index (χ0n) is 5.74. The van der Waals surface area contributed by atoms with Crippen LogP contribution in [0.25, 0.3) is 0 Å². The van der Waals surface area contributed by atoms with Crippen molar-refractivity contribution in [3.8, 4) is 0 Å². The summed E-state index contributed by atoms with van der Waals surface area (Å²) in [7, 11) is 0. The van der Waals surface area contributed by atoms with Crippen molar-refractivity contribution in [3.63, 3.8) is 0 Å². The maximum absolute atomic E-state index is 12.0. The Hall–Kier alpha value is -0.548. The summed E-state index contributed by atoms with van der Waals surface area (Å²) in [6, 6.07) is -3.16. The number of carbonyl (C=O) groups is 2. The van der Waals surface area contributed by atoms with Crippen LogP contribution in [0, 0.1) is 0 Å². The molecule has 0 aromatic rings. The summed E-state index contributed by atoms with van der Waals surface area (Å²) in [5.74, 6) is -8.43. The van der Waals surface area contributed by atoms with Gasteiger partial charge in [0.2, 0.25) is 6.17 Å². The summed E-state index contributed by atoms with van der Waals surface area (Å²) in [6.45, 7) is 0. The number of alkyl halides is 5. The van der Waals surface area contributed by atoms with Gasteiger partial charge in [-0.25, -0.2) is 13.2 Å². The van der Waals surface area contributed by atoms with Crippen molar-refractivity contribution in [1.82, 2.24) is 0 Å². The van der Waals surface area contributed by atoms with Crippen LogP contribution in [0.4, 0.5) is 26.3 Å². The molecule has 0 heterocycles. The highest BCUT2D eigenvalue weighted by molar-refractivity contribution is 6.36. The topological polar surface area (TPSA) is 34.1 Å². The van der Waals surface area contributed by atoms with Crippen molar-refractivity contribution in [3.05, 3.63) is 0 Å². The van der Waals surface area contributed by atoms with Gasteiger partial charge in [0.1, 0.15) is 0 Å². The lowest BCUT2D eigenvalue weighted by Crippen LogP contribution is -2.45. The Morgan fingerprint density at radius 2 is 1.43 bits per heavy atom. The number of halogens is 6.